The predicted octanol–water partition coefficient (Wildman–Crippen LogP) is 2.85. The van der Waals surface area contributed by atoms with Gasteiger partial charge in [-0.3, -0.25) is 9.52 Å². The molecule has 1 aliphatic heterocycles. The van der Waals surface area contributed by atoms with Crippen molar-refractivity contribution in [1.82, 2.24) is 0 Å². The zero-order valence-electron chi connectivity index (χ0n) is 13.7. The van der Waals surface area contributed by atoms with Gasteiger partial charge in [0.15, 0.2) is 0 Å². The maximum Gasteiger partial charge on any atom is 0.236 e. The quantitative estimate of drug-likeness (QED) is 0.927. The number of carbonyl (C=O) groups excluding carboxylic acids is 1. The molecule has 126 valence electrons. The molecule has 1 aliphatic rings. The van der Waals surface area contributed by atoms with Gasteiger partial charge in [-0.2, -0.15) is 0 Å². The molecular formula is C18H20N2O3S. The molecule has 0 saturated heterocycles. The van der Waals surface area contributed by atoms with Crippen LogP contribution in [-0.4, -0.2) is 20.9 Å². The molecule has 1 heterocycles. The molecule has 2 aromatic rings. The first-order chi connectivity index (χ1) is 11.4. The van der Waals surface area contributed by atoms with Gasteiger partial charge in [0.2, 0.25) is 15.9 Å². The summed E-state index contributed by atoms with van der Waals surface area (Å²) in [5.41, 5.74) is 4.13. The molecule has 5 nitrogen and oxygen atoms in total. The summed E-state index contributed by atoms with van der Waals surface area (Å²) in [6, 6.07) is 12.8. The first kappa shape index (κ1) is 16.5. The van der Waals surface area contributed by atoms with Crippen LogP contribution in [0, 0.1) is 6.92 Å². The van der Waals surface area contributed by atoms with Crippen molar-refractivity contribution in [3.8, 4) is 0 Å². The molecule has 0 spiro atoms. The van der Waals surface area contributed by atoms with E-state index in [-0.39, 0.29) is 11.7 Å². The summed E-state index contributed by atoms with van der Waals surface area (Å²) in [7, 11) is -3.49. The molecule has 6 heteroatoms. The van der Waals surface area contributed by atoms with E-state index in [1.807, 2.05) is 37.3 Å². The molecular weight excluding hydrogens is 324 g/mol. The molecule has 0 bridgehead atoms. The molecule has 0 atom stereocenters. The molecule has 0 aromatic heterocycles. The van der Waals surface area contributed by atoms with E-state index in [9.17, 15) is 13.2 Å². The van der Waals surface area contributed by atoms with Crippen LogP contribution < -0.4 is 9.62 Å². The van der Waals surface area contributed by atoms with Crippen molar-refractivity contribution in [2.75, 3.05) is 16.2 Å². The standard InChI is InChI=1S/C18H20N2O3S/c1-13-5-3-4-6-16(13)12-24(22,23)19-17-7-8-18-15(11-17)9-10-20(18)14(2)21/h3-8,11,19H,9-10,12H2,1-2H3. The van der Waals surface area contributed by atoms with E-state index >= 15 is 0 Å². The Morgan fingerprint density at radius 3 is 2.67 bits per heavy atom. The molecule has 24 heavy (non-hydrogen) atoms. The third-order valence-electron chi connectivity index (χ3n) is 4.24. The highest BCUT2D eigenvalue weighted by molar-refractivity contribution is 7.91. The normalized spacial score (nSPS) is 13.7. The fourth-order valence-electron chi connectivity index (χ4n) is 2.98. The van der Waals surface area contributed by atoms with Gasteiger partial charge < -0.3 is 4.90 Å². The number of carbonyl (C=O) groups is 1. The van der Waals surface area contributed by atoms with Crippen molar-refractivity contribution >= 4 is 27.3 Å². The van der Waals surface area contributed by atoms with Gasteiger partial charge in [0.1, 0.15) is 0 Å². The number of nitrogens with zero attached hydrogens (tertiary/aromatic N) is 1. The van der Waals surface area contributed by atoms with Crippen LogP contribution in [0.15, 0.2) is 42.5 Å². The highest BCUT2D eigenvalue weighted by atomic mass is 32.2. The van der Waals surface area contributed by atoms with Crippen molar-refractivity contribution in [2.45, 2.75) is 26.0 Å². The van der Waals surface area contributed by atoms with Gasteiger partial charge >= 0.3 is 0 Å². The van der Waals surface area contributed by atoms with Crippen LogP contribution in [0.25, 0.3) is 0 Å². The second-order valence-electron chi connectivity index (χ2n) is 6.05. The first-order valence-electron chi connectivity index (χ1n) is 7.82. The van der Waals surface area contributed by atoms with Gasteiger partial charge in [-0.15, -0.1) is 0 Å². The van der Waals surface area contributed by atoms with Gasteiger partial charge in [0, 0.05) is 24.8 Å². The van der Waals surface area contributed by atoms with Crippen molar-refractivity contribution in [3.63, 3.8) is 0 Å². The van der Waals surface area contributed by atoms with Gasteiger partial charge in [-0.1, -0.05) is 24.3 Å². The van der Waals surface area contributed by atoms with Crippen LogP contribution in [0.5, 0.6) is 0 Å². The fraction of sp³-hybridized carbons (Fsp3) is 0.278. The van der Waals surface area contributed by atoms with Gasteiger partial charge in [0.05, 0.1) is 5.75 Å². The van der Waals surface area contributed by atoms with Crippen LogP contribution >= 0.6 is 0 Å². The van der Waals surface area contributed by atoms with Crippen molar-refractivity contribution < 1.29 is 13.2 Å². The number of sulfonamides is 1. The van der Waals surface area contributed by atoms with E-state index in [0.29, 0.717) is 12.2 Å². The molecule has 0 radical (unpaired) electrons. The highest BCUT2D eigenvalue weighted by Gasteiger charge is 2.23. The molecule has 0 saturated carbocycles. The van der Waals surface area contributed by atoms with E-state index < -0.39 is 10.0 Å². The summed E-state index contributed by atoms with van der Waals surface area (Å²) in [5, 5.41) is 0. The second kappa shape index (κ2) is 6.28. The monoisotopic (exact) mass is 344 g/mol. The zero-order chi connectivity index (χ0) is 17.3. The number of hydrogen-bond acceptors (Lipinski definition) is 3. The van der Waals surface area contributed by atoms with Crippen LogP contribution in [0.3, 0.4) is 0 Å². The molecule has 0 fully saturated rings. The van der Waals surface area contributed by atoms with Crippen molar-refractivity contribution in [1.29, 1.82) is 0 Å². The first-order valence-corrected chi connectivity index (χ1v) is 9.47. The fourth-order valence-corrected chi connectivity index (χ4v) is 4.28. The number of benzene rings is 2. The Balaban J connectivity index is 1.79. The van der Waals surface area contributed by atoms with E-state index in [2.05, 4.69) is 4.72 Å². The lowest BCUT2D eigenvalue weighted by atomic mass is 10.1. The Morgan fingerprint density at radius 2 is 1.96 bits per heavy atom. The van der Waals surface area contributed by atoms with E-state index in [0.717, 1.165) is 28.8 Å². The highest BCUT2D eigenvalue weighted by Crippen LogP contribution is 2.31. The van der Waals surface area contributed by atoms with Crippen LogP contribution in [0.4, 0.5) is 11.4 Å². The minimum atomic E-state index is -3.49. The second-order valence-corrected chi connectivity index (χ2v) is 7.77. The average Bonchev–Trinajstić information content (AvgIpc) is 2.92. The molecule has 2 aromatic carbocycles. The maximum absolute atomic E-state index is 12.4. The predicted molar refractivity (Wildman–Crippen MR) is 95.6 cm³/mol. The van der Waals surface area contributed by atoms with Crippen LogP contribution in [-0.2, 0) is 27.0 Å². The third kappa shape index (κ3) is 3.43. The average molecular weight is 344 g/mol. The Morgan fingerprint density at radius 1 is 1.21 bits per heavy atom. The maximum atomic E-state index is 12.4. The molecule has 0 aliphatic carbocycles. The number of aryl methyl sites for hydroxylation is 1. The van der Waals surface area contributed by atoms with Crippen molar-refractivity contribution in [3.05, 3.63) is 59.2 Å². The summed E-state index contributed by atoms with van der Waals surface area (Å²) in [4.78, 5) is 13.3. The van der Waals surface area contributed by atoms with E-state index in [1.165, 1.54) is 6.92 Å². The zero-order valence-corrected chi connectivity index (χ0v) is 14.6. The van der Waals surface area contributed by atoms with Gasteiger partial charge in [0.25, 0.3) is 0 Å². The number of amides is 1. The minimum absolute atomic E-state index is 0.00151. The molecule has 1 amide bonds. The third-order valence-corrected chi connectivity index (χ3v) is 5.47. The lowest BCUT2D eigenvalue weighted by Crippen LogP contribution is -2.25. The minimum Gasteiger partial charge on any atom is -0.312 e. The summed E-state index contributed by atoms with van der Waals surface area (Å²) in [5.74, 6) is -0.0577. The number of nitrogens with one attached hydrogen (secondary N) is 1. The number of anilines is 2. The number of hydrogen-bond donors (Lipinski definition) is 1. The summed E-state index contributed by atoms with van der Waals surface area (Å²) < 4.78 is 27.5. The molecule has 0 unspecified atom stereocenters. The molecule has 3 rings (SSSR count). The Labute approximate surface area is 142 Å². The molecule has 1 N–H and O–H groups in total. The van der Waals surface area contributed by atoms with Gasteiger partial charge in [-0.05, 0) is 48.2 Å². The Bertz CT molecular complexity index is 891. The van der Waals surface area contributed by atoms with Gasteiger partial charge in [-0.25, -0.2) is 8.42 Å². The number of rotatable bonds is 4. The summed E-state index contributed by atoms with van der Waals surface area (Å²) in [6.45, 7) is 4.08. The SMILES string of the molecule is CC(=O)N1CCc2cc(NS(=O)(=O)Cc3ccccc3C)ccc21. The summed E-state index contributed by atoms with van der Waals surface area (Å²) >= 11 is 0. The van der Waals surface area contributed by atoms with E-state index in [4.69, 9.17) is 0 Å². The lowest BCUT2D eigenvalue weighted by Gasteiger charge is -2.15. The Hall–Kier alpha value is -2.34. The Kier molecular flexibility index (Phi) is 4.32. The topological polar surface area (TPSA) is 66.5 Å². The van der Waals surface area contributed by atoms with Crippen molar-refractivity contribution in [2.24, 2.45) is 0 Å². The lowest BCUT2D eigenvalue weighted by molar-refractivity contribution is -0.116. The largest absolute Gasteiger partial charge is 0.312 e. The van der Waals surface area contributed by atoms with Crippen LogP contribution in [0.2, 0.25) is 0 Å². The smallest absolute Gasteiger partial charge is 0.236 e. The van der Waals surface area contributed by atoms with Crippen LogP contribution in [0.1, 0.15) is 23.6 Å². The van der Waals surface area contributed by atoms with E-state index in [1.54, 1.807) is 17.0 Å². The number of fused-ring (bicyclic) bond motifs is 1. The summed E-state index contributed by atoms with van der Waals surface area (Å²) in [6.07, 6.45) is 0.738.